The minimum absolute atomic E-state index is 0.211. The molecule has 3 aromatic carbocycles. The van der Waals surface area contributed by atoms with Crippen molar-refractivity contribution >= 4 is 22.5 Å². The van der Waals surface area contributed by atoms with Gasteiger partial charge in [-0.1, -0.05) is 59.8 Å². The number of rotatable bonds is 1. The van der Waals surface area contributed by atoms with E-state index < -0.39 is 0 Å². The molecular weight excluding hydrogens is 326 g/mol. The van der Waals surface area contributed by atoms with Gasteiger partial charge < -0.3 is 5.21 Å². The lowest BCUT2D eigenvalue weighted by Gasteiger charge is -2.09. The molecule has 0 unspecified atom stereocenters. The van der Waals surface area contributed by atoms with E-state index in [1.165, 1.54) is 4.68 Å². The molecule has 5 rings (SSSR count). The van der Waals surface area contributed by atoms with Crippen LogP contribution in [0.4, 0.5) is 0 Å². The minimum Gasteiger partial charge on any atom is -0.410 e. The third-order valence-electron chi connectivity index (χ3n) is 4.77. The topological polar surface area (TPSA) is 67.5 Å². The first-order valence-corrected chi connectivity index (χ1v) is 8.22. The van der Waals surface area contributed by atoms with E-state index in [4.69, 9.17) is 0 Å². The van der Waals surface area contributed by atoms with Crippen LogP contribution in [0.5, 0.6) is 0 Å². The molecule has 5 heteroatoms. The number of oxime groups is 1. The smallest absolute Gasteiger partial charge is 0.279 e. The number of benzene rings is 3. The molecule has 1 heterocycles. The van der Waals surface area contributed by atoms with Crippen LogP contribution in [0.3, 0.4) is 0 Å². The Labute approximate surface area is 148 Å². The van der Waals surface area contributed by atoms with Crippen LogP contribution >= 0.6 is 0 Å². The molecule has 0 radical (unpaired) electrons. The number of nitrogens with zero attached hydrogens (tertiary/aromatic N) is 3. The number of aromatic nitrogens is 2. The number of para-hydroxylation sites is 1. The maximum atomic E-state index is 13.3. The third kappa shape index (κ3) is 1.88. The fourth-order valence-electron chi connectivity index (χ4n) is 3.63. The first kappa shape index (κ1) is 14.6. The molecule has 0 saturated heterocycles. The molecule has 1 aliphatic rings. The molecule has 0 amide bonds. The Balaban J connectivity index is 1.77. The van der Waals surface area contributed by atoms with Crippen molar-refractivity contribution in [3.05, 3.63) is 89.6 Å². The Bertz CT molecular complexity index is 1220. The van der Waals surface area contributed by atoms with Crippen LogP contribution in [-0.2, 0) is 0 Å². The number of hydrogen-bond acceptors (Lipinski definition) is 4. The maximum Gasteiger partial charge on any atom is 0.279 e. The molecule has 124 valence electrons. The highest BCUT2D eigenvalue weighted by atomic mass is 16.4. The van der Waals surface area contributed by atoms with Crippen molar-refractivity contribution in [3.63, 3.8) is 0 Å². The summed E-state index contributed by atoms with van der Waals surface area (Å²) in [6, 6.07) is 20.7. The number of carbonyl (C=O) groups excluding carboxylic acids is 1. The van der Waals surface area contributed by atoms with Crippen molar-refractivity contribution in [2.24, 2.45) is 5.16 Å². The van der Waals surface area contributed by atoms with Gasteiger partial charge in [-0.2, -0.15) is 9.78 Å². The number of carbonyl (C=O) groups is 1. The van der Waals surface area contributed by atoms with Gasteiger partial charge in [0.15, 0.2) is 0 Å². The summed E-state index contributed by atoms with van der Waals surface area (Å²) in [6.45, 7) is 0. The fourth-order valence-corrected chi connectivity index (χ4v) is 3.63. The third-order valence-corrected chi connectivity index (χ3v) is 4.77. The summed E-state index contributed by atoms with van der Waals surface area (Å²) in [7, 11) is 0. The Hall–Kier alpha value is -3.73. The lowest BCUT2D eigenvalue weighted by molar-refractivity contribution is 0.0951. The minimum atomic E-state index is -0.211. The van der Waals surface area contributed by atoms with Crippen molar-refractivity contribution in [1.29, 1.82) is 0 Å². The van der Waals surface area contributed by atoms with Gasteiger partial charge in [-0.15, -0.1) is 0 Å². The molecule has 5 nitrogen and oxygen atoms in total. The Kier molecular flexibility index (Phi) is 3.03. The van der Waals surface area contributed by atoms with Gasteiger partial charge in [0.25, 0.3) is 5.91 Å². The maximum absolute atomic E-state index is 13.3. The monoisotopic (exact) mass is 339 g/mol. The zero-order chi connectivity index (χ0) is 17.7. The summed E-state index contributed by atoms with van der Waals surface area (Å²) in [5.74, 6) is -0.211. The lowest BCUT2D eigenvalue weighted by atomic mass is 9.99. The van der Waals surface area contributed by atoms with Crippen LogP contribution in [0.25, 0.3) is 22.0 Å². The van der Waals surface area contributed by atoms with Crippen LogP contribution in [0.2, 0.25) is 0 Å². The Morgan fingerprint density at radius 3 is 2.46 bits per heavy atom. The second kappa shape index (κ2) is 5.39. The summed E-state index contributed by atoms with van der Waals surface area (Å²) in [5, 5.41) is 18.2. The van der Waals surface area contributed by atoms with E-state index in [2.05, 4.69) is 10.3 Å². The normalized spacial score (nSPS) is 13.8. The first-order valence-electron chi connectivity index (χ1n) is 8.22. The summed E-state index contributed by atoms with van der Waals surface area (Å²) < 4.78 is 1.42. The molecule has 0 bridgehead atoms. The number of fused-ring (bicyclic) bond motifs is 4. The molecule has 0 atom stereocenters. The standard InChI is InChI=1S/C21H13N3O2/c25-21(24-18-11-4-1-6-13(18)12-22-24)17-10-5-9-16-19(17)14-7-2-3-8-15(14)20(16)23-26/h1-12,26H. The van der Waals surface area contributed by atoms with Crippen LogP contribution < -0.4 is 0 Å². The van der Waals surface area contributed by atoms with Gasteiger partial charge in [0.1, 0.15) is 5.71 Å². The quantitative estimate of drug-likeness (QED) is 0.372. The van der Waals surface area contributed by atoms with Crippen molar-refractivity contribution in [2.75, 3.05) is 0 Å². The molecule has 0 spiro atoms. The molecule has 0 fully saturated rings. The van der Waals surface area contributed by atoms with E-state index in [1.54, 1.807) is 18.3 Å². The lowest BCUT2D eigenvalue weighted by Crippen LogP contribution is -2.14. The van der Waals surface area contributed by atoms with Gasteiger partial charge in [-0.3, -0.25) is 4.79 Å². The largest absolute Gasteiger partial charge is 0.410 e. The average Bonchev–Trinajstić information content (AvgIpc) is 3.26. The summed E-state index contributed by atoms with van der Waals surface area (Å²) in [4.78, 5) is 13.3. The van der Waals surface area contributed by atoms with Crippen molar-refractivity contribution < 1.29 is 10.0 Å². The van der Waals surface area contributed by atoms with E-state index in [0.717, 1.165) is 33.2 Å². The van der Waals surface area contributed by atoms with Crippen LogP contribution in [0.1, 0.15) is 21.5 Å². The second-order valence-corrected chi connectivity index (χ2v) is 6.14. The SMILES string of the molecule is O=C(c1cccc2c1-c1ccccc1C2=NO)n1ncc2ccccc21. The van der Waals surface area contributed by atoms with E-state index in [9.17, 15) is 10.0 Å². The van der Waals surface area contributed by atoms with Crippen molar-refractivity contribution in [2.45, 2.75) is 0 Å². The van der Waals surface area contributed by atoms with E-state index in [0.29, 0.717) is 11.3 Å². The molecular formula is C21H13N3O2. The average molecular weight is 339 g/mol. The van der Waals surface area contributed by atoms with Gasteiger partial charge >= 0.3 is 0 Å². The highest BCUT2D eigenvalue weighted by Crippen LogP contribution is 2.39. The van der Waals surface area contributed by atoms with E-state index in [-0.39, 0.29) is 5.91 Å². The Morgan fingerprint density at radius 2 is 1.62 bits per heavy atom. The summed E-state index contributed by atoms with van der Waals surface area (Å²) in [5.41, 5.74) is 5.00. The Morgan fingerprint density at radius 1 is 0.885 bits per heavy atom. The highest BCUT2D eigenvalue weighted by Gasteiger charge is 2.30. The predicted molar refractivity (Wildman–Crippen MR) is 98.8 cm³/mol. The molecule has 4 aromatic rings. The van der Waals surface area contributed by atoms with Gasteiger partial charge in [-0.25, -0.2) is 0 Å². The van der Waals surface area contributed by atoms with Gasteiger partial charge in [0, 0.05) is 22.1 Å². The summed E-state index contributed by atoms with van der Waals surface area (Å²) in [6.07, 6.45) is 1.69. The summed E-state index contributed by atoms with van der Waals surface area (Å²) >= 11 is 0. The van der Waals surface area contributed by atoms with Crippen LogP contribution in [0, 0.1) is 0 Å². The molecule has 26 heavy (non-hydrogen) atoms. The zero-order valence-corrected chi connectivity index (χ0v) is 13.6. The first-order chi connectivity index (χ1) is 12.8. The van der Waals surface area contributed by atoms with Crippen LogP contribution in [-0.4, -0.2) is 26.6 Å². The van der Waals surface area contributed by atoms with Gasteiger partial charge in [0.2, 0.25) is 0 Å². The molecule has 1 aliphatic carbocycles. The van der Waals surface area contributed by atoms with E-state index >= 15 is 0 Å². The van der Waals surface area contributed by atoms with Crippen molar-refractivity contribution in [3.8, 4) is 11.1 Å². The molecule has 0 saturated carbocycles. The molecule has 1 N–H and O–H groups in total. The van der Waals surface area contributed by atoms with Gasteiger partial charge in [-0.05, 0) is 17.7 Å². The highest BCUT2D eigenvalue weighted by molar-refractivity contribution is 6.27. The molecule has 0 aliphatic heterocycles. The van der Waals surface area contributed by atoms with Crippen molar-refractivity contribution in [1.82, 2.24) is 9.78 Å². The van der Waals surface area contributed by atoms with E-state index in [1.807, 2.05) is 54.6 Å². The fraction of sp³-hybridized carbons (Fsp3) is 0. The predicted octanol–water partition coefficient (Wildman–Crippen LogP) is 3.93. The number of hydrogen-bond donors (Lipinski definition) is 1. The van der Waals surface area contributed by atoms with Gasteiger partial charge in [0.05, 0.1) is 17.3 Å². The zero-order valence-electron chi connectivity index (χ0n) is 13.6. The van der Waals surface area contributed by atoms with Crippen LogP contribution in [0.15, 0.2) is 78.1 Å². The second-order valence-electron chi connectivity index (χ2n) is 6.14. The molecule has 1 aromatic heterocycles.